The van der Waals surface area contributed by atoms with Crippen molar-refractivity contribution in [3.63, 3.8) is 0 Å². The van der Waals surface area contributed by atoms with Gasteiger partial charge in [-0.25, -0.2) is 4.39 Å². The molecule has 0 radical (unpaired) electrons. The van der Waals surface area contributed by atoms with Crippen LogP contribution in [0.2, 0.25) is 0 Å². The quantitative estimate of drug-likeness (QED) is 0.428. The molecule has 2 unspecified atom stereocenters. The van der Waals surface area contributed by atoms with E-state index >= 15 is 0 Å². The van der Waals surface area contributed by atoms with Gasteiger partial charge in [0.05, 0.1) is 23.5 Å². The van der Waals surface area contributed by atoms with Gasteiger partial charge in [0.25, 0.3) is 0 Å². The van der Waals surface area contributed by atoms with Crippen molar-refractivity contribution in [1.29, 1.82) is 0 Å². The normalized spacial score (nSPS) is 13.8. The van der Waals surface area contributed by atoms with Gasteiger partial charge in [0.15, 0.2) is 0 Å². The average Bonchev–Trinajstić information content (AvgIpc) is 2.29. The van der Waals surface area contributed by atoms with Crippen molar-refractivity contribution in [3.05, 3.63) is 33.6 Å². The molecule has 0 bridgehead atoms. The molecule has 9 heteroatoms. The summed E-state index contributed by atoms with van der Waals surface area (Å²) in [4.78, 5) is 20.1. The molecule has 1 rings (SSSR count). The van der Waals surface area contributed by atoms with Gasteiger partial charge in [0.1, 0.15) is 11.9 Å². The number of nitro groups is 1. The summed E-state index contributed by atoms with van der Waals surface area (Å²) >= 11 is 0. The molecule has 1 aromatic carbocycles. The number of nitrogens with zero attached hydrogens (tertiary/aromatic N) is 1. The largest absolute Gasteiger partial charge is 0.502 e. The maximum Gasteiger partial charge on any atom is 0.314 e. The van der Waals surface area contributed by atoms with E-state index in [-0.39, 0.29) is 0 Å². The zero-order valence-corrected chi connectivity index (χ0v) is 9.49. The van der Waals surface area contributed by atoms with E-state index in [0.717, 1.165) is 0 Å². The summed E-state index contributed by atoms with van der Waals surface area (Å²) in [6.45, 7) is 0. The summed E-state index contributed by atoms with van der Waals surface area (Å²) in [6, 6.07) is 1.09. The van der Waals surface area contributed by atoms with E-state index in [0.29, 0.717) is 12.1 Å². The van der Waals surface area contributed by atoms with E-state index in [2.05, 4.69) is 0 Å². The topological polar surface area (TPSA) is 147 Å². The molecule has 2 atom stereocenters. The van der Waals surface area contributed by atoms with Gasteiger partial charge in [-0.2, -0.15) is 0 Å². The number of halogens is 1. The van der Waals surface area contributed by atoms with Crippen LogP contribution in [0.15, 0.2) is 12.1 Å². The van der Waals surface area contributed by atoms with Crippen LogP contribution < -0.4 is 5.73 Å². The molecule has 0 aliphatic rings. The first kappa shape index (κ1) is 14.8. The maximum absolute atomic E-state index is 13.2. The number of amides is 1. The van der Waals surface area contributed by atoms with E-state index < -0.39 is 52.3 Å². The number of benzene rings is 1. The fraction of sp³-hybridized carbons (Fsp3) is 0.300. The summed E-state index contributed by atoms with van der Waals surface area (Å²) in [7, 11) is 0. The molecule has 0 aromatic heterocycles. The second kappa shape index (κ2) is 5.59. The number of primary amides is 1. The smallest absolute Gasteiger partial charge is 0.314 e. The highest BCUT2D eigenvalue weighted by Crippen LogP contribution is 2.36. The standard InChI is InChI=1S/C10H11FN2O6/c11-4-1-5(9(16)6(2-4)13(18)19)10(17)7(14)3-8(12)15/h1-2,7,10,14,16-17H,3H2,(H2,12,15). The predicted molar refractivity (Wildman–Crippen MR) is 59.5 cm³/mol. The molecule has 104 valence electrons. The Bertz CT molecular complexity index is 521. The third-order valence-corrected chi connectivity index (χ3v) is 2.37. The minimum absolute atomic E-state index is 0.464. The number of rotatable bonds is 5. The summed E-state index contributed by atoms with van der Waals surface area (Å²) in [6.07, 6.45) is -4.25. The van der Waals surface area contributed by atoms with Crippen LogP contribution in [-0.2, 0) is 4.79 Å². The molecule has 0 saturated heterocycles. The van der Waals surface area contributed by atoms with Crippen LogP contribution in [0, 0.1) is 15.9 Å². The Hall–Kier alpha value is -2.26. The first-order valence-corrected chi connectivity index (χ1v) is 5.05. The minimum atomic E-state index is -1.89. The highest BCUT2D eigenvalue weighted by molar-refractivity contribution is 5.74. The number of carbonyl (C=O) groups is 1. The zero-order chi connectivity index (χ0) is 14.7. The fourth-order valence-corrected chi connectivity index (χ4v) is 1.50. The number of aliphatic hydroxyl groups excluding tert-OH is 2. The number of nitrogens with two attached hydrogens (primary N) is 1. The number of hydrogen-bond donors (Lipinski definition) is 4. The number of phenols is 1. The van der Waals surface area contributed by atoms with Crippen LogP contribution >= 0.6 is 0 Å². The maximum atomic E-state index is 13.2. The molecule has 1 amide bonds. The van der Waals surface area contributed by atoms with Gasteiger partial charge in [-0.1, -0.05) is 0 Å². The lowest BCUT2D eigenvalue weighted by Crippen LogP contribution is -2.25. The van der Waals surface area contributed by atoms with Crippen molar-refractivity contribution < 1.29 is 29.4 Å². The van der Waals surface area contributed by atoms with Crippen molar-refractivity contribution in [2.24, 2.45) is 5.73 Å². The van der Waals surface area contributed by atoms with Crippen molar-refractivity contribution in [1.82, 2.24) is 0 Å². The predicted octanol–water partition coefficient (Wildman–Crippen LogP) is -0.291. The van der Waals surface area contributed by atoms with E-state index in [1.807, 2.05) is 0 Å². The average molecular weight is 274 g/mol. The Labute approximate surface area is 106 Å². The lowest BCUT2D eigenvalue weighted by Gasteiger charge is -2.17. The molecular formula is C10H11FN2O6. The second-order valence-corrected chi connectivity index (χ2v) is 3.80. The lowest BCUT2D eigenvalue weighted by atomic mass is 10.00. The van der Waals surface area contributed by atoms with Crippen LogP contribution in [-0.4, -0.2) is 32.3 Å². The van der Waals surface area contributed by atoms with Gasteiger partial charge >= 0.3 is 5.69 Å². The summed E-state index contributed by atoms with van der Waals surface area (Å²) < 4.78 is 13.2. The molecule has 0 fully saturated rings. The lowest BCUT2D eigenvalue weighted by molar-refractivity contribution is -0.386. The van der Waals surface area contributed by atoms with E-state index in [4.69, 9.17) is 5.73 Å². The second-order valence-electron chi connectivity index (χ2n) is 3.80. The van der Waals surface area contributed by atoms with E-state index in [1.165, 1.54) is 0 Å². The molecule has 8 nitrogen and oxygen atoms in total. The van der Waals surface area contributed by atoms with E-state index in [9.17, 15) is 34.6 Å². The Morgan fingerprint density at radius 3 is 2.53 bits per heavy atom. The fourth-order valence-electron chi connectivity index (χ4n) is 1.50. The van der Waals surface area contributed by atoms with Gasteiger partial charge in [-0.05, 0) is 6.07 Å². The molecule has 0 aliphatic heterocycles. The van der Waals surface area contributed by atoms with Gasteiger partial charge < -0.3 is 21.1 Å². The Morgan fingerprint density at radius 1 is 1.47 bits per heavy atom. The number of carbonyl (C=O) groups excluding carboxylic acids is 1. The molecule has 0 saturated carbocycles. The number of phenolic OH excluding ortho intramolecular Hbond substituents is 1. The highest BCUT2D eigenvalue weighted by atomic mass is 19.1. The van der Waals surface area contributed by atoms with Crippen molar-refractivity contribution in [2.75, 3.05) is 0 Å². The van der Waals surface area contributed by atoms with Crippen LogP contribution in [0.1, 0.15) is 18.1 Å². The Morgan fingerprint density at radius 2 is 2.05 bits per heavy atom. The first-order chi connectivity index (χ1) is 8.73. The molecule has 0 heterocycles. The Balaban J connectivity index is 3.19. The van der Waals surface area contributed by atoms with Crippen molar-refractivity contribution in [2.45, 2.75) is 18.6 Å². The molecular weight excluding hydrogens is 263 g/mol. The third kappa shape index (κ3) is 3.36. The summed E-state index contributed by atoms with van der Waals surface area (Å²) in [5.41, 5.74) is 3.25. The zero-order valence-electron chi connectivity index (χ0n) is 9.49. The van der Waals surface area contributed by atoms with E-state index in [1.54, 1.807) is 0 Å². The van der Waals surface area contributed by atoms with Crippen LogP contribution in [0.25, 0.3) is 0 Å². The molecule has 19 heavy (non-hydrogen) atoms. The SMILES string of the molecule is NC(=O)CC(O)C(O)c1cc(F)cc([N+](=O)[O-])c1O. The van der Waals surface area contributed by atoms with Crippen LogP contribution in [0.3, 0.4) is 0 Å². The monoisotopic (exact) mass is 274 g/mol. The number of hydrogen-bond acceptors (Lipinski definition) is 6. The van der Waals surface area contributed by atoms with Gasteiger partial charge in [-0.15, -0.1) is 0 Å². The van der Waals surface area contributed by atoms with Crippen LogP contribution in [0.4, 0.5) is 10.1 Å². The minimum Gasteiger partial charge on any atom is -0.502 e. The van der Waals surface area contributed by atoms with Crippen LogP contribution in [0.5, 0.6) is 5.75 Å². The number of aromatic hydroxyl groups is 1. The highest BCUT2D eigenvalue weighted by Gasteiger charge is 2.28. The molecule has 0 aliphatic carbocycles. The number of nitro benzene ring substituents is 1. The van der Waals surface area contributed by atoms with Crippen molar-refractivity contribution >= 4 is 11.6 Å². The molecule has 5 N–H and O–H groups in total. The van der Waals surface area contributed by atoms with Gasteiger partial charge in [0.2, 0.25) is 11.7 Å². The van der Waals surface area contributed by atoms with Gasteiger partial charge in [-0.3, -0.25) is 14.9 Å². The third-order valence-electron chi connectivity index (χ3n) is 2.37. The Kier molecular flexibility index (Phi) is 4.35. The molecule has 0 spiro atoms. The first-order valence-electron chi connectivity index (χ1n) is 5.05. The molecule has 1 aromatic rings. The summed E-state index contributed by atoms with van der Waals surface area (Å²) in [5.74, 6) is -3.00. The van der Waals surface area contributed by atoms with Gasteiger partial charge in [0, 0.05) is 5.56 Å². The number of aliphatic hydroxyl groups is 2. The summed E-state index contributed by atoms with van der Waals surface area (Å²) in [5, 5.41) is 39.2. The van der Waals surface area contributed by atoms with Crippen molar-refractivity contribution in [3.8, 4) is 5.75 Å².